The number of carbonyl (C=O) groups excluding carboxylic acids is 1. The summed E-state index contributed by atoms with van der Waals surface area (Å²) < 4.78 is 10.4. The van der Waals surface area contributed by atoms with E-state index in [1.54, 1.807) is 44.8 Å². The number of aromatic nitrogens is 1. The minimum atomic E-state index is 0.0371. The molecule has 1 heterocycles. The lowest BCUT2D eigenvalue weighted by atomic mass is 9.93. The highest BCUT2D eigenvalue weighted by Gasteiger charge is 2.17. The van der Waals surface area contributed by atoms with Crippen LogP contribution in [0.15, 0.2) is 42.7 Å². The van der Waals surface area contributed by atoms with Crippen molar-refractivity contribution in [2.24, 2.45) is 0 Å². The van der Waals surface area contributed by atoms with Crippen molar-refractivity contribution in [1.82, 2.24) is 4.98 Å². The van der Waals surface area contributed by atoms with Gasteiger partial charge in [0.15, 0.2) is 5.78 Å². The normalized spacial score (nSPS) is 11.8. The largest absolute Gasteiger partial charge is 0.497 e. The first-order valence-corrected chi connectivity index (χ1v) is 6.81. The first-order valence-electron chi connectivity index (χ1n) is 6.81. The number of rotatable bonds is 6. The smallest absolute Gasteiger partial charge is 0.167 e. The van der Waals surface area contributed by atoms with Gasteiger partial charge in [0.05, 0.1) is 19.8 Å². The molecular weight excluding hydrogens is 266 g/mol. The van der Waals surface area contributed by atoms with Gasteiger partial charge in [0.25, 0.3) is 0 Å². The summed E-state index contributed by atoms with van der Waals surface area (Å²) in [5.74, 6) is 1.38. The standard InChI is InChI=1S/C17H19NO3/c1-12(13-6-8-18-9-7-13)10-16(19)15-11-14(20-2)4-5-17(15)21-3/h4-9,11-12H,10H2,1-3H3. The molecule has 21 heavy (non-hydrogen) atoms. The van der Waals surface area contributed by atoms with Crippen LogP contribution in [0.4, 0.5) is 0 Å². The van der Waals surface area contributed by atoms with E-state index in [1.165, 1.54) is 0 Å². The van der Waals surface area contributed by atoms with Crippen LogP contribution in [-0.2, 0) is 0 Å². The first-order chi connectivity index (χ1) is 10.2. The van der Waals surface area contributed by atoms with E-state index in [9.17, 15) is 4.79 Å². The molecule has 0 spiro atoms. The summed E-state index contributed by atoms with van der Waals surface area (Å²) in [4.78, 5) is 16.5. The predicted octanol–water partition coefficient (Wildman–Crippen LogP) is 3.48. The molecule has 0 bridgehead atoms. The maximum Gasteiger partial charge on any atom is 0.167 e. The van der Waals surface area contributed by atoms with Crippen LogP contribution in [0.1, 0.15) is 35.2 Å². The quantitative estimate of drug-likeness (QED) is 0.762. The van der Waals surface area contributed by atoms with Gasteiger partial charge in [0.2, 0.25) is 0 Å². The fourth-order valence-corrected chi connectivity index (χ4v) is 2.23. The summed E-state index contributed by atoms with van der Waals surface area (Å²) >= 11 is 0. The van der Waals surface area contributed by atoms with Gasteiger partial charge < -0.3 is 9.47 Å². The molecule has 110 valence electrons. The Morgan fingerprint density at radius 1 is 1.14 bits per heavy atom. The van der Waals surface area contributed by atoms with E-state index in [-0.39, 0.29) is 11.7 Å². The summed E-state index contributed by atoms with van der Waals surface area (Å²) in [5.41, 5.74) is 1.65. The third-order valence-electron chi connectivity index (χ3n) is 3.47. The lowest BCUT2D eigenvalue weighted by Gasteiger charge is -2.13. The molecule has 0 radical (unpaired) electrons. The van der Waals surface area contributed by atoms with Gasteiger partial charge in [-0.2, -0.15) is 0 Å². The average Bonchev–Trinajstić information content (AvgIpc) is 2.54. The molecule has 0 amide bonds. The fourth-order valence-electron chi connectivity index (χ4n) is 2.23. The van der Waals surface area contributed by atoms with Crippen LogP contribution in [-0.4, -0.2) is 25.0 Å². The molecule has 1 atom stereocenters. The van der Waals surface area contributed by atoms with Gasteiger partial charge in [0.1, 0.15) is 11.5 Å². The zero-order chi connectivity index (χ0) is 15.2. The molecular formula is C17H19NO3. The van der Waals surface area contributed by atoms with Crippen LogP contribution < -0.4 is 9.47 Å². The minimum absolute atomic E-state index is 0.0371. The van der Waals surface area contributed by atoms with Crippen molar-refractivity contribution in [3.05, 3.63) is 53.9 Å². The van der Waals surface area contributed by atoms with Crippen LogP contribution in [0, 0.1) is 0 Å². The van der Waals surface area contributed by atoms with Crippen molar-refractivity contribution in [3.63, 3.8) is 0 Å². The number of ketones is 1. The van der Waals surface area contributed by atoms with E-state index in [0.29, 0.717) is 23.5 Å². The minimum Gasteiger partial charge on any atom is -0.497 e. The average molecular weight is 285 g/mol. The number of hydrogen-bond acceptors (Lipinski definition) is 4. The fraction of sp³-hybridized carbons (Fsp3) is 0.294. The van der Waals surface area contributed by atoms with E-state index in [0.717, 1.165) is 5.56 Å². The number of ether oxygens (including phenoxy) is 2. The molecule has 1 aromatic carbocycles. The van der Waals surface area contributed by atoms with E-state index >= 15 is 0 Å². The van der Waals surface area contributed by atoms with E-state index in [4.69, 9.17) is 9.47 Å². The summed E-state index contributed by atoms with van der Waals surface area (Å²) in [7, 11) is 3.14. The molecule has 0 aliphatic heterocycles. The topological polar surface area (TPSA) is 48.4 Å². The highest BCUT2D eigenvalue weighted by molar-refractivity contribution is 5.99. The number of carbonyl (C=O) groups is 1. The Morgan fingerprint density at radius 3 is 2.48 bits per heavy atom. The van der Waals surface area contributed by atoms with Crippen LogP contribution in [0.5, 0.6) is 11.5 Å². The number of Topliss-reactive ketones (excluding diaryl/α,β-unsaturated/α-hetero) is 1. The Labute approximate surface area is 124 Å². The third kappa shape index (κ3) is 3.60. The summed E-state index contributed by atoms with van der Waals surface area (Å²) in [6, 6.07) is 9.12. The Balaban J connectivity index is 2.20. The second-order valence-electron chi connectivity index (χ2n) is 4.88. The van der Waals surface area contributed by atoms with Gasteiger partial charge in [-0.15, -0.1) is 0 Å². The highest BCUT2D eigenvalue weighted by Crippen LogP contribution is 2.28. The molecule has 0 aliphatic carbocycles. The second-order valence-corrected chi connectivity index (χ2v) is 4.88. The van der Waals surface area contributed by atoms with Crippen molar-refractivity contribution in [2.75, 3.05) is 14.2 Å². The molecule has 4 nitrogen and oxygen atoms in total. The molecule has 0 aliphatic rings. The molecule has 4 heteroatoms. The van der Waals surface area contributed by atoms with Gasteiger partial charge in [-0.1, -0.05) is 6.92 Å². The van der Waals surface area contributed by atoms with E-state index < -0.39 is 0 Å². The highest BCUT2D eigenvalue weighted by atomic mass is 16.5. The first kappa shape index (κ1) is 15.0. The van der Waals surface area contributed by atoms with Crippen molar-refractivity contribution in [2.45, 2.75) is 19.3 Å². The van der Waals surface area contributed by atoms with Crippen LogP contribution in [0.2, 0.25) is 0 Å². The maximum atomic E-state index is 12.5. The van der Waals surface area contributed by atoms with E-state index in [2.05, 4.69) is 4.98 Å². The monoisotopic (exact) mass is 285 g/mol. The summed E-state index contributed by atoms with van der Waals surface area (Å²) in [6.07, 6.45) is 3.89. The van der Waals surface area contributed by atoms with Crippen molar-refractivity contribution >= 4 is 5.78 Å². The Bertz CT molecular complexity index is 611. The molecule has 0 saturated heterocycles. The maximum absolute atomic E-state index is 12.5. The molecule has 0 saturated carbocycles. The second kappa shape index (κ2) is 6.88. The molecule has 0 N–H and O–H groups in total. The van der Waals surface area contributed by atoms with Gasteiger partial charge in [-0.05, 0) is 41.8 Å². The van der Waals surface area contributed by atoms with E-state index in [1.807, 2.05) is 19.1 Å². The van der Waals surface area contributed by atoms with Crippen LogP contribution in [0.3, 0.4) is 0 Å². The number of benzene rings is 1. The Morgan fingerprint density at radius 2 is 1.86 bits per heavy atom. The van der Waals surface area contributed by atoms with Crippen molar-refractivity contribution < 1.29 is 14.3 Å². The zero-order valence-corrected chi connectivity index (χ0v) is 12.5. The summed E-state index contributed by atoms with van der Waals surface area (Å²) in [5, 5.41) is 0. The Hall–Kier alpha value is -2.36. The van der Waals surface area contributed by atoms with Crippen LogP contribution in [0.25, 0.3) is 0 Å². The lowest BCUT2D eigenvalue weighted by molar-refractivity contribution is 0.0972. The van der Waals surface area contributed by atoms with Crippen molar-refractivity contribution in [1.29, 1.82) is 0 Å². The third-order valence-corrected chi connectivity index (χ3v) is 3.47. The molecule has 2 rings (SSSR count). The number of nitrogens with zero attached hydrogens (tertiary/aromatic N) is 1. The molecule has 2 aromatic rings. The predicted molar refractivity (Wildman–Crippen MR) is 81.1 cm³/mol. The lowest BCUT2D eigenvalue weighted by Crippen LogP contribution is -2.07. The van der Waals surface area contributed by atoms with Crippen molar-refractivity contribution in [3.8, 4) is 11.5 Å². The molecule has 1 unspecified atom stereocenters. The van der Waals surface area contributed by atoms with Gasteiger partial charge >= 0.3 is 0 Å². The van der Waals surface area contributed by atoms with Gasteiger partial charge in [-0.25, -0.2) is 0 Å². The number of hydrogen-bond donors (Lipinski definition) is 0. The summed E-state index contributed by atoms with van der Waals surface area (Å²) in [6.45, 7) is 2.03. The van der Waals surface area contributed by atoms with Gasteiger partial charge in [-0.3, -0.25) is 9.78 Å². The van der Waals surface area contributed by atoms with Gasteiger partial charge in [0, 0.05) is 18.8 Å². The van der Waals surface area contributed by atoms with Crippen LogP contribution >= 0.6 is 0 Å². The SMILES string of the molecule is COc1ccc(OC)c(C(=O)CC(C)c2ccncc2)c1. The molecule has 0 fully saturated rings. The zero-order valence-electron chi connectivity index (χ0n) is 12.5. The Kier molecular flexibility index (Phi) is 4.93. The number of pyridine rings is 1. The molecule has 1 aromatic heterocycles. The number of methoxy groups -OCH3 is 2.